The van der Waals surface area contributed by atoms with Crippen LogP contribution in [0, 0.1) is 6.92 Å². The first kappa shape index (κ1) is 12.1. The van der Waals surface area contributed by atoms with Crippen molar-refractivity contribution < 1.29 is 4.74 Å². The summed E-state index contributed by atoms with van der Waals surface area (Å²) < 4.78 is 5.68. The maximum absolute atomic E-state index is 6.03. The lowest BCUT2D eigenvalue weighted by Gasteiger charge is -2.12. The van der Waals surface area contributed by atoms with Gasteiger partial charge in [0.25, 0.3) is 0 Å². The van der Waals surface area contributed by atoms with Crippen LogP contribution in [-0.2, 0) is 6.42 Å². The third-order valence-electron chi connectivity index (χ3n) is 2.50. The van der Waals surface area contributed by atoms with Crippen LogP contribution in [0.2, 0.25) is 0 Å². The number of nitrogens with two attached hydrogens (primary N) is 1. The second-order valence-corrected chi connectivity index (χ2v) is 5.20. The van der Waals surface area contributed by atoms with Crippen LogP contribution in [0.1, 0.15) is 10.4 Å². The van der Waals surface area contributed by atoms with E-state index in [1.165, 1.54) is 10.4 Å². The fourth-order valence-corrected chi connectivity index (χ4v) is 2.45. The second kappa shape index (κ2) is 5.84. The number of hydrogen-bond acceptors (Lipinski definition) is 3. The molecule has 0 aliphatic carbocycles. The Labute approximate surface area is 106 Å². The van der Waals surface area contributed by atoms with Gasteiger partial charge in [-0.3, -0.25) is 0 Å². The molecule has 0 amide bonds. The zero-order chi connectivity index (χ0) is 12.1. The zero-order valence-corrected chi connectivity index (χ0v) is 10.7. The van der Waals surface area contributed by atoms with Crippen molar-refractivity contribution in [1.82, 2.24) is 0 Å². The SMILES string of the molecule is Cc1cccc(OCC(N)Cc2cccs2)c1. The van der Waals surface area contributed by atoms with Gasteiger partial charge >= 0.3 is 0 Å². The van der Waals surface area contributed by atoms with Crippen molar-refractivity contribution in [2.75, 3.05) is 6.61 Å². The van der Waals surface area contributed by atoms with Crippen molar-refractivity contribution >= 4 is 11.3 Å². The molecule has 1 aromatic carbocycles. The highest BCUT2D eigenvalue weighted by molar-refractivity contribution is 7.09. The third-order valence-corrected chi connectivity index (χ3v) is 3.40. The Bertz CT molecular complexity index is 453. The van der Waals surface area contributed by atoms with E-state index in [0.29, 0.717) is 6.61 Å². The number of hydrogen-bond donors (Lipinski definition) is 1. The normalized spacial score (nSPS) is 12.4. The molecule has 2 aromatic rings. The van der Waals surface area contributed by atoms with Crippen molar-refractivity contribution in [3.63, 3.8) is 0 Å². The lowest BCUT2D eigenvalue weighted by molar-refractivity contribution is 0.288. The molecule has 90 valence electrons. The smallest absolute Gasteiger partial charge is 0.119 e. The minimum Gasteiger partial charge on any atom is -0.492 e. The molecule has 0 spiro atoms. The molecular weight excluding hydrogens is 230 g/mol. The van der Waals surface area contributed by atoms with Gasteiger partial charge in [-0.15, -0.1) is 11.3 Å². The predicted octanol–water partition coefficient (Wildman–Crippen LogP) is 3.01. The molecular formula is C14H17NOS. The number of benzene rings is 1. The highest BCUT2D eigenvalue weighted by Gasteiger charge is 2.06. The molecule has 17 heavy (non-hydrogen) atoms. The van der Waals surface area contributed by atoms with Gasteiger partial charge in [-0.05, 0) is 36.1 Å². The highest BCUT2D eigenvalue weighted by atomic mass is 32.1. The van der Waals surface area contributed by atoms with E-state index in [1.807, 2.05) is 24.3 Å². The lowest BCUT2D eigenvalue weighted by Crippen LogP contribution is -2.29. The number of rotatable bonds is 5. The topological polar surface area (TPSA) is 35.2 Å². The standard InChI is InChI=1S/C14H17NOS/c1-11-4-2-5-13(8-11)16-10-12(15)9-14-6-3-7-17-14/h2-8,12H,9-10,15H2,1H3. The van der Waals surface area contributed by atoms with E-state index in [1.54, 1.807) is 11.3 Å². The van der Waals surface area contributed by atoms with Crippen molar-refractivity contribution in [1.29, 1.82) is 0 Å². The molecule has 2 N–H and O–H groups in total. The molecule has 2 nitrogen and oxygen atoms in total. The molecule has 1 aromatic heterocycles. The third kappa shape index (κ3) is 3.88. The first-order chi connectivity index (χ1) is 8.24. The largest absolute Gasteiger partial charge is 0.492 e. The molecule has 2 rings (SSSR count). The van der Waals surface area contributed by atoms with Crippen LogP contribution in [0.5, 0.6) is 5.75 Å². The molecule has 1 heterocycles. The minimum absolute atomic E-state index is 0.0502. The van der Waals surface area contributed by atoms with Crippen molar-refractivity contribution in [3.8, 4) is 5.75 Å². The van der Waals surface area contributed by atoms with E-state index in [4.69, 9.17) is 10.5 Å². The van der Waals surface area contributed by atoms with Crippen molar-refractivity contribution in [3.05, 3.63) is 52.2 Å². The van der Waals surface area contributed by atoms with Crippen LogP contribution >= 0.6 is 11.3 Å². The van der Waals surface area contributed by atoms with Crippen LogP contribution < -0.4 is 10.5 Å². The Hall–Kier alpha value is -1.32. The number of ether oxygens (including phenoxy) is 1. The summed E-state index contributed by atoms with van der Waals surface area (Å²) in [6, 6.07) is 12.2. The lowest BCUT2D eigenvalue weighted by atomic mass is 10.2. The Balaban J connectivity index is 1.82. The maximum Gasteiger partial charge on any atom is 0.119 e. The summed E-state index contributed by atoms with van der Waals surface area (Å²) in [4.78, 5) is 1.31. The van der Waals surface area contributed by atoms with Gasteiger partial charge in [0.15, 0.2) is 0 Å². The summed E-state index contributed by atoms with van der Waals surface area (Å²) in [6.07, 6.45) is 0.878. The Kier molecular flexibility index (Phi) is 4.18. The minimum atomic E-state index is 0.0502. The molecule has 1 atom stereocenters. The maximum atomic E-state index is 6.03. The van der Waals surface area contributed by atoms with Gasteiger partial charge < -0.3 is 10.5 Å². The molecule has 1 unspecified atom stereocenters. The first-order valence-corrected chi connectivity index (χ1v) is 6.59. The average Bonchev–Trinajstić information content (AvgIpc) is 2.79. The quantitative estimate of drug-likeness (QED) is 0.881. The van der Waals surface area contributed by atoms with Crippen LogP contribution in [0.25, 0.3) is 0 Å². The van der Waals surface area contributed by atoms with E-state index in [2.05, 4.69) is 24.4 Å². The van der Waals surface area contributed by atoms with E-state index in [9.17, 15) is 0 Å². The summed E-state index contributed by atoms with van der Waals surface area (Å²) in [5.74, 6) is 0.895. The van der Waals surface area contributed by atoms with Gasteiger partial charge in [0, 0.05) is 17.3 Å². The second-order valence-electron chi connectivity index (χ2n) is 4.17. The zero-order valence-electron chi connectivity index (χ0n) is 9.93. The Morgan fingerprint density at radius 2 is 2.18 bits per heavy atom. The van der Waals surface area contributed by atoms with Crippen molar-refractivity contribution in [2.45, 2.75) is 19.4 Å². The number of aryl methyl sites for hydroxylation is 1. The molecule has 0 aliphatic rings. The van der Waals surface area contributed by atoms with Gasteiger partial charge in [0.2, 0.25) is 0 Å². The molecule has 0 bridgehead atoms. The molecule has 0 saturated carbocycles. The van der Waals surface area contributed by atoms with Gasteiger partial charge in [-0.2, -0.15) is 0 Å². The van der Waals surface area contributed by atoms with E-state index in [-0.39, 0.29) is 6.04 Å². The molecule has 0 saturated heterocycles. The van der Waals surface area contributed by atoms with Gasteiger partial charge in [0.1, 0.15) is 12.4 Å². The van der Waals surface area contributed by atoms with E-state index < -0.39 is 0 Å². The summed E-state index contributed by atoms with van der Waals surface area (Å²) in [5, 5.41) is 2.07. The molecule has 0 fully saturated rings. The predicted molar refractivity (Wildman–Crippen MR) is 72.7 cm³/mol. The molecule has 0 aliphatic heterocycles. The van der Waals surface area contributed by atoms with E-state index in [0.717, 1.165) is 12.2 Å². The van der Waals surface area contributed by atoms with Gasteiger partial charge in [-0.25, -0.2) is 0 Å². The van der Waals surface area contributed by atoms with Crippen LogP contribution in [0.15, 0.2) is 41.8 Å². The Morgan fingerprint density at radius 1 is 1.29 bits per heavy atom. The van der Waals surface area contributed by atoms with Crippen LogP contribution in [0.3, 0.4) is 0 Å². The number of thiophene rings is 1. The summed E-state index contributed by atoms with van der Waals surface area (Å²) in [7, 11) is 0. The van der Waals surface area contributed by atoms with Crippen LogP contribution in [0.4, 0.5) is 0 Å². The summed E-state index contributed by atoms with van der Waals surface area (Å²) in [5.41, 5.74) is 7.24. The van der Waals surface area contributed by atoms with Crippen molar-refractivity contribution in [2.24, 2.45) is 5.73 Å². The summed E-state index contributed by atoms with van der Waals surface area (Å²) in [6.45, 7) is 2.61. The fraction of sp³-hybridized carbons (Fsp3) is 0.286. The highest BCUT2D eigenvalue weighted by Crippen LogP contribution is 2.14. The molecule has 3 heteroatoms. The van der Waals surface area contributed by atoms with E-state index >= 15 is 0 Å². The van der Waals surface area contributed by atoms with Gasteiger partial charge in [0.05, 0.1) is 0 Å². The summed E-state index contributed by atoms with van der Waals surface area (Å²) >= 11 is 1.74. The monoisotopic (exact) mass is 247 g/mol. The average molecular weight is 247 g/mol. The van der Waals surface area contributed by atoms with Gasteiger partial charge in [-0.1, -0.05) is 18.2 Å². The van der Waals surface area contributed by atoms with Crippen LogP contribution in [-0.4, -0.2) is 12.6 Å². The fourth-order valence-electron chi connectivity index (χ4n) is 1.65. The first-order valence-electron chi connectivity index (χ1n) is 5.71. The molecule has 0 radical (unpaired) electrons. The Morgan fingerprint density at radius 3 is 2.88 bits per heavy atom.